The SMILES string of the molecule is CCCn1c(Cc2ccccc2)nc2cc(Cl)ccc21. The predicted octanol–water partition coefficient (Wildman–Crippen LogP) is 4.69. The molecule has 0 bridgehead atoms. The molecule has 1 aromatic heterocycles. The van der Waals surface area contributed by atoms with Crippen molar-refractivity contribution in [3.05, 3.63) is 64.9 Å². The Morgan fingerprint density at radius 1 is 1.10 bits per heavy atom. The first-order valence-electron chi connectivity index (χ1n) is 6.96. The Hall–Kier alpha value is -1.80. The quantitative estimate of drug-likeness (QED) is 0.679. The first-order chi connectivity index (χ1) is 9.78. The van der Waals surface area contributed by atoms with Crippen LogP contribution < -0.4 is 0 Å². The van der Waals surface area contributed by atoms with Gasteiger partial charge in [-0.15, -0.1) is 0 Å². The van der Waals surface area contributed by atoms with E-state index in [2.05, 4.69) is 41.8 Å². The summed E-state index contributed by atoms with van der Waals surface area (Å²) in [6.07, 6.45) is 1.95. The molecule has 3 heteroatoms. The number of hydrogen-bond acceptors (Lipinski definition) is 1. The van der Waals surface area contributed by atoms with E-state index >= 15 is 0 Å². The van der Waals surface area contributed by atoms with E-state index in [0.717, 1.165) is 35.8 Å². The van der Waals surface area contributed by atoms with Gasteiger partial charge in [-0.05, 0) is 30.2 Å². The van der Waals surface area contributed by atoms with Gasteiger partial charge in [-0.2, -0.15) is 0 Å². The first kappa shape index (κ1) is 13.2. The number of imidazole rings is 1. The van der Waals surface area contributed by atoms with Crippen LogP contribution in [0.5, 0.6) is 0 Å². The Morgan fingerprint density at radius 2 is 1.90 bits per heavy atom. The van der Waals surface area contributed by atoms with Crippen molar-refractivity contribution in [1.82, 2.24) is 9.55 Å². The van der Waals surface area contributed by atoms with Gasteiger partial charge in [-0.25, -0.2) is 4.98 Å². The fourth-order valence-electron chi connectivity index (χ4n) is 2.54. The number of nitrogens with zero attached hydrogens (tertiary/aromatic N) is 2. The van der Waals surface area contributed by atoms with Gasteiger partial charge in [0.15, 0.2) is 0 Å². The largest absolute Gasteiger partial charge is 0.328 e. The van der Waals surface area contributed by atoms with E-state index in [1.54, 1.807) is 0 Å². The van der Waals surface area contributed by atoms with Crippen LogP contribution in [0.3, 0.4) is 0 Å². The zero-order chi connectivity index (χ0) is 13.9. The summed E-state index contributed by atoms with van der Waals surface area (Å²) < 4.78 is 2.30. The van der Waals surface area contributed by atoms with Gasteiger partial charge in [0.2, 0.25) is 0 Å². The number of benzene rings is 2. The third kappa shape index (κ3) is 2.56. The van der Waals surface area contributed by atoms with Crippen LogP contribution in [0.15, 0.2) is 48.5 Å². The van der Waals surface area contributed by atoms with Crippen LogP contribution in [0.1, 0.15) is 24.7 Å². The minimum atomic E-state index is 0.741. The van der Waals surface area contributed by atoms with Crippen LogP contribution in [0.25, 0.3) is 11.0 Å². The average molecular weight is 285 g/mol. The van der Waals surface area contributed by atoms with Crippen molar-refractivity contribution in [2.45, 2.75) is 26.3 Å². The van der Waals surface area contributed by atoms with Gasteiger partial charge in [-0.3, -0.25) is 0 Å². The van der Waals surface area contributed by atoms with Crippen molar-refractivity contribution >= 4 is 22.6 Å². The molecule has 0 unspecified atom stereocenters. The van der Waals surface area contributed by atoms with E-state index in [4.69, 9.17) is 16.6 Å². The van der Waals surface area contributed by atoms with Gasteiger partial charge in [0, 0.05) is 18.0 Å². The maximum absolute atomic E-state index is 6.07. The molecule has 0 saturated heterocycles. The number of aromatic nitrogens is 2. The number of hydrogen-bond donors (Lipinski definition) is 0. The molecular weight excluding hydrogens is 268 g/mol. The van der Waals surface area contributed by atoms with Crippen LogP contribution in [-0.4, -0.2) is 9.55 Å². The zero-order valence-corrected chi connectivity index (χ0v) is 12.3. The molecule has 0 aliphatic heterocycles. The van der Waals surface area contributed by atoms with Crippen LogP contribution in [0.4, 0.5) is 0 Å². The van der Waals surface area contributed by atoms with Crippen LogP contribution >= 0.6 is 11.6 Å². The minimum absolute atomic E-state index is 0.741. The molecule has 0 spiro atoms. The monoisotopic (exact) mass is 284 g/mol. The second kappa shape index (κ2) is 5.68. The molecule has 0 aliphatic rings. The lowest BCUT2D eigenvalue weighted by Gasteiger charge is -2.07. The molecule has 0 fully saturated rings. The Balaban J connectivity index is 2.06. The molecule has 2 aromatic carbocycles. The predicted molar refractivity (Wildman–Crippen MR) is 84.3 cm³/mol. The summed E-state index contributed by atoms with van der Waals surface area (Å²) in [5, 5.41) is 0.741. The van der Waals surface area contributed by atoms with E-state index in [-0.39, 0.29) is 0 Å². The summed E-state index contributed by atoms with van der Waals surface area (Å²) in [5.41, 5.74) is 3.44. The van der Waals surface area contributed by atoms with Gasteiger partial charge < -0.3 is 4.57 Å². The summed E-state index contributed by atoms with van der Waals surface area (Å²) in [7, 11) is 0. The molecule has 20 heavy (non-hydrogen) atoms. The van der Waals surface area contributed by atoms with E-state index in [1.165, 1.54) is 11.1 Å². The fourth-order valence-corrected chi connectivity index (χ4v) is 2.71. The molecule has 0 radical (unpaired) electrons. The highest BCUT2D eigenvalue weighted by Crippen LogP contribution is 2.22. The van der Waals surface area contributed by atoms with Crippen molar-refractivity contribution in [2.75, 3.05) is 0 Å². The molecule has 102 valence electrons. The van der Waals surface area contributed by atoms with Gasteiger partial charge in [0.1, 0.15) is 5.82 Å². The van der Waals surface area contributed by atoms with Gasteiger partial charge in [-0.1, -0.05) is 48.9 Å². The topological polar surface area (TPSA) is 17.8 Å². The molecule has 2 nitrogen and oxygen atoms in total. The van der Waals surface area contributed by atoms with Crippen molar-refractivity contribution < 1.29 is 0 Å². The molecule has 0 aliphatic carbocycles. The molecule has 0 saturated carbocycles. The summed E-state index contributed by atoms with van der Waals surface area (Å²) in [6, 6.07) is 16.4. The highest BCUT2D eigenvalue weighted by atomic mass is 35.5. The third-order valence-corrected chi connectivity index (χ3v) is 3.68. The first-order valence-corrected chi connectivity index (χ1v) is 7.34. The number of aryl methyl sites for hydroxylation is 1. The standard InChI is InChI=1S/C17H17ClN2/c1-2-10-20-16-9-8-14(18)12-15(16)19-17(20)11-13-6-4-3-5-7-13/h3-9,12H,2,10-11H2,1H3. The summed E-state index contributed by atoms with van der Waals surface area (Å²) in [6.45, 7) is 3.17. The van der Waals surface area contributed by atoms with E-state index in [9.17, 15) is 0 Å². The summed E-state index contributed by atoms with van der Waals surface area (Å²) in [4.78, 5) is 4.77. The molecule has 3 rings (SSSR count). The van der Waals surface area contributed by atoms with E-state index in [1.807, 2.05) is 18.2 Å². The lowest BCUT2D eigenvalue weighted by Crippen LogP contribution is -2.04. The van der Waals surface area contributed by atoms with Crippen molar-refractivity contribution in [2.24, 2.45) is 0 Å². The summed E-state index contributed by atoms with van der Waals surface area (Å²) >= 11 is 6.07. The van der Waals surface area contributed by atoms with E-state index in [0.29, 0.717) is 0 Å². The molecule has 0 amide bonds. The maximum Gasteiger partial charge on any atom is 0.114 e. The highest BCUT2D eigenvalue weighted by molar-refractivity contribution is 6.31. The fraction of sp³-hybridized carbons (Fsp3) is 0.235. The number of rotatable bonds is 4. The Labute approximate surface area is 124 Å². The van der Waals surface area contributed by atoms with Crippen molar-refractivity contribution in [3.63, 3.8) is 0 Å². The summed E-state index contributed by atoms with van der Waals surface area (Å²) in [5.74, 6) is 1.11. The lowest BCUT2D eigenvalue weighted by molar-refractivity contribution is 0.664. The second-order valence-electron chi connectivity index (χ2n) is 4.98. The van der Waals surface area contributed by atoms with E-state index < -0.39 is 0 Å². The van der Waals surface area contributed by atoms with Crippen LogP contribution in [0, 0.1) is 0 Å². The van der Waals surface area contributed by atoms with Crippen molar-refractivity contribution in [1.29, 1.82) is 0 Å². The number of fused-ring (bicyclic) bond motifs is 1. The lowest BCUT2D eigenvalue weighted by atomic mass is 10.1. The smallest absolute Gasteiger partial charge is 0.114 e. The van der Waals surface area contributed by atoms with Gasteiger partial charge in [0.05, 0.1) is 11.0 Å². The molecule has 0 N–H and O–H groups in total. The zero-order valence-electron chi connectivity index (χ0n) is 11.5. The normalized spacial score (nSPS) is 11.1. The molecular formula is C17H17ClN2. The highest BCUT2D eigenvalue weighted by Gasteiger charge is 2.10. The van der Waals surface area contributed by atoms with Crippen LogP contribution in [0.2, 0.25) is 5.02 Å². The Morgan fingerprint density at radius 3 is 2.65 bits per heavy atom. The van der Waals surface area contributed by atoms with Crippen molar-refractivity contribution in [3.8, 4) is 0 Å². The maximum atomic E-state index is 6.07. The second-order valence-corrected chi connectivity index (χ2v) is 5.41. The van der Waals surface area contributed by atoms with Crippen LogP contribution in [-0.2, 0) is 13.0 Å². The minimum Gasteiger partial charge on any atom is -0.328 e. The number of halogens is 1. The Kier molecular flexibility index (Phi) is 3.75. The molecule has 0 atom stereocenters. The van der Waals surface area contributed by atoms with Gasteiger partial charge in [0.25, 0.3) is 0 Å². The Bertz CT molecular complexity index is 716. The van der Waals surface area contributed by atoms with Gasteiger partial charge >= 0.3 is 0 Å². The third-order valence-electron chi connectivity index (χ3n) is 3.44. The molecule has 3 aromatic rings. The average Bonchev–Trinajstić information content (AvgIpc) is 2.77. The molecule has 1 heterocycles.